The number of carbonyl (C=O) groups excluding carboxylic acids is 2. The zero-order chi connectivity index (χ0) is 26.8. The van der Waals surface area contributed by atoms with E-state index >= 15 is 4.39 Å². The van der Waals surface area contributed by atoms with Crippen LogP contribution in [0.5, 0.6) is 0 Å². The standard InChI is InChI=1S/C30H28FN5O3/c31-22-11-20(33-28(38)29-12-17-9-18(13-29)15-30(39,14-17)16-29)5-6-21(22)26-34-23-7-4-19(10-24(23)35-26)27(37)36-25-3-1-2-8-32-25/h1-8,10-11,17-18,39H,9,12-16H2,(H,33,38)(H,34,35)(H,32,36,37)/t17-,18+,29?,30?. The number of amides is 2. The summed E-state index contributed by atoms with van der Waals surface area (Å²) in [5.74, 6) is 0.578. The molecule has 8 rings (SSSR count). The van der Waals surface area contributed by atoms with Gasteiger partial charge in [-0.1, -0.05) is 6.07 Å². The molecule has 4 atom stereocenters. The summed E-state index contributed by atoms with van der Waals surface area (Å²) in [5.41, 5.74) is 0.924. The summed E-state index contributed by atoms with van der Waals surface area (Å²) >= 11 is 0. The number of imidazole rings is 1. The van der Waals surface area contributed by atoms with E-state index in [9.17, 15) is 14.7 Å². The Morgan fingerprint density at radius 1 is 1.00 bits per heavy atom. The van der Waals surface area contributed by atoms with E-state index in [4.69, 9.17) is 0 Å². The molecule has 2 aromatic heterocycles. The molecule has 2 aromatic carbocycles. The Morgan fingerprint density at radius 3 is 2.54 bits per heavy atom. The quantitative estimate of drug-likeness (QED) is 0.282. The Kier molecular flexibility index (Phi) is 5.35. The van der Waals surface area contributed by atoms with Crippen molar-refractivity contribution in [3.05, 3.63) is 72.2 Å². The van der Waals surface area contributed by atoms with Crippen molar-refractivity contribution in [1.29, 1.82) is 0 Å². The van der Waals surface area contributed by atoms with Crippen molar-refractivity contribution in [2.24, 2.45) is 17.3 Å². The summed E-state index contributed by atoms with van der Waals surface area (Å²) < 4.78 is 15.3. The van der Waals surface area contributed by atoms with E-state index in [1.807, 2.05) is 0 Å². The first-order valence-electron chi connectivity index (χ1n) is 13.3. The molecule has 8 nitrogen and oxygen atoms in total. The maximum Gasteiger partial charge on any atom is 0.256 e. The number of benzene rings is 2. The van der Waals surface area contributed by atoms with E-state index in [-0.39, 0.29) is 17.4 Å². The molecule has 4 bridgehead atoms. The fraction of sp³-hybridized carbons (Fsp3) is 0.333. The zero-order valence-corrected chi connectivity index (χ0v) is 21.2. The van der Waals surface area contributed by atoms with Gasteiger partial charge in [-0.25, -0.2) is 14.4 Å². The molecule has 4 aromatic rings. The van der Waals surface area contributed by atoms with Crippen molar-refractivity contribution in [3.8, 4) is 11.4 Å². The lowest BCUT2D eigenvalue weighted by Gasteiger charge is -2.59. The highest BCUT2D eigenvalue weighted by atomic mass is 19.1. The van der Waals surface area contributed by atoms with Gasteiger partial charge in [0.05, 0.1) is 27.6 Å². The lowest BCUT2D eigenvalue weighted by molar-refractivity contribution is -0.174. The van der Waals surface area contributed by atoms with Gasteiger partial charge in [0.25, 0.3) is 5.91 Å². The minimum atomic E-state index is -0.739. The van der Waals surface area contributed by atoms with E-state index in [0.717, 1.165) is 32.1 Å². The first-order chi connectivity index (χ1) is 18.8. The number of H-pyrrole nitrogens is 1. The zero-order valence-electron chi connectivity index (χ0n) is 21.2. The van der Waals surface area contributed by atoms with Crippen LogP contribution in [0.2, 0.25) is 0 Å². The van der Waals surface area contributed by atoms with Gasteiger partial charge in [-0.2, -0.15) is 0 Å². The van der Waals surface area contributed by atoms with Gasteiger partial charge in [0.15, 0.2) is 0 Å². The van der Waals surface area contributed by atoms with Gasteiger partial charge in [-0.3, -0.25) is 9.59 Å². The van der Waals surface area contributed by atoms with Crippen molar-refractivity contribution < 1.29 is 19.1 Å². The molecule has 4 aliphatic rings. The first kappa shape index (κ1) is 24.0. The van der Waals surface area contributed by atoms with Crippen LogP contribution in [0.4, 0.5) is 15.9 Å². The van der Waals surface area contributed by atoms with Gasteiger partial charge in [0.2, 0.25) is 5.91 Å². The highest BCUT2D eigenvalue weighted by Gasteiger charge is 2.60. The Labute approximate surface area is 224 Å². The average Bonchev–Trinajstić information content (AvgIpc) is 3.31. The van der Waals surface area contributed by atoms with Crippen LogP contribution in [0.3, 0.4) is 0 Å². The van der Waals surface area contributed by atoms with Crippen LogP contribution in [-0.2, 0) is 4.79 Å². The van der Waals surface area contributed by atoms with Crippen molar-refractivity contribution in [2.75, 3.05) is 10.6 Å². The minimum Gasteiger partial charge on any atom is -0.390 e. The molecule has 0 saturated heterocycles. The molecule has 4 aliphatic carbocycles. The fourth-order valence-corrected chi connectivity index (χ4v) is 7.43. The van der Waals surface area contributed by atoms with Crippen molar-refractivity contribution in [3.63, 3.8) is 0 Å². The number of rotatable bonds is 5. The molecule has 2 amide bonds. The molecule has 2 heterocycles. The topological polar surface area (TPSA) is 120 Å². The van der Waals surface area contributed by atoms with Crippen LogP contribution in [0, 0.1) is 23.1 Å². The van der Waals surface area contributed by atoms with Crippen molar-refractivity contribution in [2.45, 2.75) is 44.1 Å². The maximum absolute atomic E-state index is 15.3. The number of nitrogens with zero attached hydrogens (tertiary/aromatic N) is 2. The predicted molar refractivity (Wildman–Crippen MR) is 144 cm³/mol. The number of nitrogens with one attached hydrogen (secondary N) is 3. The molecule has 0 radical (unpaired) electrons. The molecule has 198 valence electrons. The predicted octanol–water partition coefficient (Wildman–Crippen LogP) is 5.29. The van der Waals surface area contributed by atoms with Crippen molar-refractivity contribution in [1.82, 2.24) is 15.0 Å². The van der Waals surface area contributed by atoms with E-state index in [0.29, 0.717) is 52.2 Å². The average molecular weight is 526 g/mol. The summed E-state index contributed by atoms with van der Waals surface area (Å²) in [4.78, 5) is 37.7. The molecule has 4 saturated carbocycles. The normalized spacial score (nSPS) is 27.0. The molecule has 39 heavy (non-hydrogen) atoms. The van der Waals surface area contributed by atoms with E-state index in [1.54, 1.807) is 54.7 Å². The molecule has 2 unspecified atom stereocenters. The summed E-state index contributed by atoms with van der Waals surface area (Å²) in [5, 5.41) is 16.7. The number of hydrogen-bond acceptors (Lipinski definition) is 5. The Bertz CT molecular complexity index is 1600. The smallest absolute Gasteiger partial charge is 0.256 e. The molecular weight excluding hydrogens is 497 g/mol. The van der Waals surface area contributed by atoms with Crippen LogP contribution >= 0.6 is 0 Å². The summed E-state index contributed by atoms with van der Waals surface area (Å²) in [6.45, 7) is 0. The number of carbonyl (C=O) groups is 2. The van der Waals surface area contributed by atoms with Crippen LogP contribution in [0.1, 0.15) is 48.9 Å². The number of aromatic nitrogens is 3. The number of aliphatic hydroxyl groups is 1. The van der Waals surface area contributed by atoms with Crippen LogP contribution in [0.15, 0.2) is 60.8 Å². The third-order valence-corrected chi connectivity index (χ3v) is 8.64. The second kappa shape index (κ2) is 8.71. The lowest BCUT2D eigenvalue weighted by atomic mass is 9.47. The maximum atomic E-state index is 15.3. The molecule has 9 heteroatoms. The number of pyridine rings is 1. The minimum absolute atomic E-state index is 0.123. The third-order valence-electron chi connectivity index (χ3n) is 8.64. The second-order valence-corrected chi connectivity index (χ2v) is 11.6. The Hall–Kier alpha value is -4.11. The van der Waals surface area contributed by atoms with Gasteiger partial charge >= 0.3 is 0 Å². The highest BCUT2D eigenvalue weighted by Crippen LogP contribution is 2.61. The van der Waals surface area contributed by atoms with Gasteiger partial charge in [0, 0.05) is 17.4 Å². The fourth-order valence-electron chi connectivity index (χ4n) is 7.43. The van der Waals surface area contributed by atoms with E-state index in [1.165, 1.54) is 6.07 Å². The highest BCUT2D eigenvalue weighted by molar-refractivity contribution is 6.05. The molecule has 0 aliphatic heterocycles. The summed E-state index contributed by atoms with van der Waals surface area (Å²) in [7, 11) is 0. The monoisotopic (exact) mass is 525 g/mol. The number of fused-ring (bicyclic) bond motifs is 1. The Morgan fingerprint density at radius 2 is 1.82 bits per heavy atom. The lowest BCUT2D eigenvalue weighted by Crippen LogP contribution is -2.59. The van der Waals surface area contributed by atoms with Crippen LogP contribution in [-0.4, -0.2) is 37.5 Å². The van der Waals surface area contributed by atoms with Crippen molar-refractivity contribution >= 4 is 34.4 Å². The molecule has 0 spiro atoms. The van der Waals surface area contributed by atoms with Gasteiger partial charge in [0.1, 0.15) is 17.5 Å². The van der Waals surface area contributed by atoms with E-state index in [2.05, 4.69) is 25.6 Å². The van der Waals surface area contributed by atoms with Crippen LogP contribution in [0.25, 0.3) is 22.4 Å². The number of halogens is 1. The van der Waals surface area contributed by atoms with Gasteiger partial charge in [-0.15, -0.1) is 0 Å². The van der Waals surface area contributed by atoms with Gasteiger partial charge < -0.3 is 20.7 Å². The summed E-state index contributed by atoms with van der Waals surface area (Å²) in [6, 6.07) is 14.8. The number of hydrogen-bond donors (Lipinski definition) is 4. The largest absolute Gasteiger partial charge is 0.390 e. The third kappa shape index (κ3) is 4.27. The Balaban J connectivity index is 1.09. The SMILES string of the molecule is O=C(Nc1ccccn1)c1ccc2nc(-c3ccc(NC(=O)C45C[C@@H]6C[C@@H](CC(O)(C6)C4)C5)cc3F)[nH]c2c1. The summed E-state index contributed by atoms with van der Waals surface area (Å²) in [6.07, 6.45) is 6.33. The molecule has 4 fully saturated rings. The molecule has 4 N–H and O–H groups in total. The second-order valence-electron chi connectivity index (χ2n) is 11.6. The number of anilines is 2. The van der Waals surface area contributed by atoms with Gasteiger partial charge in [-0.05, 0) is 98.9 Å². The first-order valence-corrected chi connectivity index (χ1v) is 13.3. The number of aromatic amines is 1. The van der Waals surface area contributed by atoms with E-state index < -0.39 is 16.8 Å². The van der Waals surface area contributed by atoms with Crippen LogP contribution < -0.4 is 10.6 Å². The molecular formula is C30H28FN5O3.